The summed E-state index contributed by atoms with van der Waals surface area (Å²) in [7, 11) is 0. The number of carbonyl (C=O) groups is 2. The number of nitrogens with one attached hydrogen (secondary N) is 1. The van der Waals surface area contributed by atoms with Crippen molar-refractivity contribution in [1.29, 1.82) is 0 Å². The topological polar surface area (TPSA) is 68.3 Å². The van der Waals surface area contributed by atoms with Crippen LogP contribution in [-0.4, -0.2) is 16.9 Å². The van der Waals surface area contributed by atoms with Crippen LogP contribution in [0.1, 0.15) is 36.0 Å². The van der Waals surface area contributed by atoms with E-state index in [0.29, 0.717) is 17.1 Å². The number of nitrogens with zero attached hydrogens (tertiary/aromatic N) is 1. The molecular formula is C17H20N2O3S. The van der Waals surface area contributed by atoms with E-state index in [-0.39, 0.29) is 24.9 Å². The molecule has 0 unspecified atom stereocenters. The van der Waals surface area contributed by atoms with Gasteiger partial charge in [-0.1, -0.05) is 25.1 Å². The lowest BCUT2D eigenvalue weighted by Gasteiger charge is -2.06. The Morgan fingerprint density at radius 3 is 2.83 bits per heavy atom. The van der Waals surface area contributed by atoms with Gasteiger partial charge in [-0.15, -0.1) is 11.3 Å². The van der Waals surface area contributed by atoms with E-state index >= 15 is 0 Å². The fourth-order valence-electron chi connectivity index (χ4n) is 1.97. The zero-order valence-electron chi connectivity index (χ0n) is 13.3. The van der Waals surface area contributed by atoms with Crippen LogP contribution in [0.5, 0.6) is 0 Å². The summed E-state index contributed by atoms with van der Waals surface area (Å²) in [6, 6.07) is 7.63. The summed E-state index contributed by atoms with van der Waals surface area (Å²) in [6.45, 7) is 4.03. The third-order valence-electron chi connectivity index (χ3n) is 3.17. The maximum atomic E-state index is 12.1. The average molecular weight is 332 g/mol. The Morgan fingerprint density at radius 2 is 2.09 bits per heavy atom. The van der Waals surface area contributed by atoms with Gasteiger partial charge in [0.2, 0.25) is 5.91 Å². The molecule has 0 fully saturated rings. The van der Waals surface area contributed by atoms with Gasteiger partial charge in [-0.2, -0.15) is 0 Å². The predicted molar refractivity (Wildman–Crippen MR) is 90.3 cm³/mol. The predicted octanol–water partition coefficient (Wildman–Crippen LogP) is 3.48. The number of esters is 1. The first kappa shape index (κ1) is 17.1. The number of ether oxygens (including phenoxy) is 1. The Balaban J connectivity index is 1.85. The van der Waals surface area contributed by atoms with E-state index in [1.807, 2.05) is 43.5 Å². The summed E-state index contributed by atoms with van der Waals surface area (Å²) >= 11 is 1.39. The molecule has 1 heterocycles. The lowest BCUT2D eigenvalue weighted by atomic mass is 10.2. The van der Waals surface area contributed by atoms with Gasteiger partial charge < -0.3 is 10.1 Å². The second-order valence-electron chi connectivity index (χ2n) is 5.18. The summed E-state index contributed by atoms with van der Waals surface area (Å²) in [5.41, 5.74) is 2.50. The van der Waals surface area contributed by atoms with Crippen molar-refractivity contribution in [1.82, 2.24) is 4.98 Å². The van der Waals surface area contributed by atoms with Crippen LogP contribution in [0.4, 0.5) is 5.69 Å². The number of rotatable bonds is 7. The fourth-order valence-corrected chi connectivity index (χ4v) is 2.75. The summed E-state index contributed by atoms with van der Waals surface area (Å²) < 4.78 is 5.10. The van der Waals surface area contributed by atoms with E-state index in [4.69, 9.17) is 4.74 Å². The number of aromatic nitrogens is 1. The van der Waals surface area contributed by atoms with Gasteiger partial charge in [-0.05, 0) is 25.0 Å². The van der Waals surface area contributed by atoms with Crippen LogP contribution < -0.4 is 5.32 Å². The zero-order valence-corrected chi connectivity index (χ0v) is 14.1. The number of anilines is 1. The summed E-state index contributed by atoms with van der Waals surface area (Å²) in [5, 5.41) is 5.40. The van der Waals surface area contributed by atoms with Crippen LogP contribution in [0.25, 0.3) is 0 Å². The summed E-state index contributed by atoms with van der Waals surface area (Å²) in [6.07, 6.45) is 1.39. The number of hydrogen-bond donors (Lipinski definition) is 1. The molecule has 0 aliphatic heterocycles. The number of carbonyl (C=O) groups excluding carboxylic acids is 2. The van der Waals surface area contributed by atoms with E-state index in [2.05, 4.69) is 10.3 Å². The lowest BCUT2D eigenvalue weighted by molar-refractivity contribution is -0.145. The Labute approximate surface area is 139 Å². The highest BCUT2D eigenvalue weighted by molar-refractivity contribution is 7.09. The highest BCUT2D eigenvalue weighted by Crippen LogP contribution is 2.15. The minimum absolute atomic E-state index is 0.108. The third-order valence-corrected chi connectivity index (χ3v) is 4.06. The van der Waals surface area contributed by atoms with E-state index in [0.717, 1.165) is 17.7 Å². The van der Waals surface area contributed by atoms with Crippen molar-refractivity contribution < 1.29 is 14.3 Å². The number of para-hydroxylation sites is 1. The molecule has 0 saturated carbocycles. The van der Waals surface area contributed by atoms with Gasteiger partial charge in [-0.3, -0.25) is 9.59 Å². The smallest absolute Gasteiger partial charge is 0.306 e. The van der Waals surface area contributed by atoms with Crippen LogP contribution >= 0.6 is 11.3 Å². The second-order valence-corrected chi connectivity index (χ2v) is 6.13. The van der Waals surface area contributed by atoms with Crippen molar-refractivity contribution in [3.63, 3.8) is 0 Å². The molecule has 0 atom stereocenters. The maximum Gasteiger partial charge on any atom is 0.306 e. The largest absolute Gasteiger partial charge is 0.459 e. The van der Waals surface area contributed by atoms with Gasteiger partial charge in [0.15, 0.2) is 0 Å². The summed E-state index contributed by atoms with van der Waals surface area (Å²) in [4.78, 5) is 27.7. The number of hydrogen-bond acceptors (Lipinski definition) is 5. The minimum Gasteiger partial charge on any atom is -0.459 e. The van der Waals surface area contributed by atoms with Crippen LogP contribution in [0, 0.1) is 6.92 Å². The van der Waals surface area contributed by atoms with Gasteiger partial charge >= 0.3 is 5.97 Å². The molecule has 0 saturated heterocycles. The molecule has 1 aromatic heterocycles. The number of amides is 1. The third kappa shape index (κ3) is 5.49. The van der Waals surface area contributed by atoms with Crippen LogP contribution in [0.15, 0.2) is 29.6 Å². The first-order chi connectivity index (χ1) is 11.1. The fraction of sp³-hybridized carbons (Fsp3) is 0.353. The monoisotopic (exact) mass is 332 g/mol. The molecular weight excluding hydrogens is 312 g/mol. The maximum absolute atomic E-state index is 12.1. The van der Waals surface area contributed by atoms with E-state index < -0.39 is 0 Å². The quantitative estimate of drug-likeness (QED) is 0.788. The Bertz CT molecular complexity index is 682. The van der Waals surface area contributed by atoms with E-state index in [1.165, 1.54) is 11.3 Å². The molecule has 2 aromatic rings. The molecule has 1 aromatic carbocycles. The molecule has 1 N–H and O–H groups in total. The highest BCUT2D eigenvalue weighted by atomic mass is 32.1. The van der Waals surface area contributed by atoms with Crippen LogP contribution in [-0.2, 0) is 27.4 Å². The molecule has 23 heavy (non-hydrogen) atoms. The van der Waals surface area contributed by atoms with Gasteiger partial charge in [0, 0.05) is 17.5 Å². The second kappa shape index (κ2) is 8.43. The number of thiazole rings is 1. The molecule has 0 aliphatic carbocycles. The van der Waals surface area contributed by atoms with E-state index in [9.17, 15) is 9.59 Å². The van der Waals surface area contributed by atoms with Crippen molar-refractivity contribution in [2.75, 3.05) is 5.32 Å². The standard InChI is InChI=1S/C17H20N2O3S/c1-3-6-17(21)22-10-13-11-23-16(18-13)9-15(20)19-14-8-5-4-7-12(14)2/h4-5,7-8,11H,3,6,9-10H2,1-2H3,(H,19,20). The molecule has 2 rings (SSSR count). The van der Waals surface area contributed by atoms with Gasteiger partial charge in [0.1, 0.15) is 11.6 Å². The Kier molecular flexibility index (Phi) is 6.29. The van der Waals surface area contributed by atoms with Crippen LogP contribution in [0.3, 0.4) is 0 Å². The average Bonchev–Trinajstić information content (AvgIpc) is 2.95. The first-order valence-electron chi connectivity index (χ1n) is 7.53. The SMILES string of the molecule is CCCC(=O)OCc1csc(CC(=O)Nc2ccccc2C)n1. The Hall–Kier alpha value is -2.21. The van der Waals surface area contributed by atoms with Gasteiger partial charge in [0.05, 0.1) is 12.1 Å². The highest BCUT2D eigenvalue weighted by Gasteiger charge is 2.10. The van der Waals surface area contributed by atoms with Gasteiger partial charge in [-0.25, -0.2) is 4.98 Å². The van der Waals surface area contributed by atoms with Crippen molar-refractivity contribution in [2.24, 2.45) is 0 Å². The number of aryl methyl sites for hydroxylation is 1. The van der Waals surface area contributed by atoms with Crippen LogP contribution in [0.2, 0.25) is 0 Å². The molecule has 1 amide bonds. The molecule has 0 bridgehead atoms. The van der Waals surface area contributed by atoms with Crippen molar-refractivity contribution >= 4 is 28.9 Å². The van der Waals surface area contributed by atoms with Gasteiger partial charge in [0.25, 0.3) is 0 Å². The van der Waals surface area contributed by atoms with E-state index in [1.54, 1.807) is 0 Å². The molecule has 0 radical (unpaired) electrons. The summed E-state index contributed by atoms with van der Waals surface area (Å²) in [5.74, 6) is -0.331. The molecule has 0 spiro atoms. The van der Waals surface area contributed by atoms with Crippen molar-refractivity contribution in [2.45, 2.75) is 39.7 Å². The molecule has 122 valence electrons. The normalized spacial score (nSPS) is 10.3. The Morgan fingerprint density at radius 1 is 1.30 bits per heavy atom. The first-order valence-corrected chi connectivity index (χ1v) is 8.41. The molecule has 0 aliphatic rings. The van der Waals surface area contributed by atoms with Crippen molar-refractivity contribution in [3.05, 3.63) is 45.9 Å². The van der Waals surface area contributed by atoms with Crippen molar-refractivity contribution in [3.8, 4) is 0 Å². The minimum atomic E-state index is -0.223. The molecule has 5 nitrogen and oxygen atoms in total. The lowest BCUT2D eigenvalue weighted by Crippen LogP contribution is -2.15. The molecule has 6 heteroatoms. The number of benzene rings is 1. The zero-order chi connectivity index (χ0) is 16.7.